The first-order valence-corrected chi connectivity index (χ1v) is 11.8. The maximum Gasteiger partial charge on any atom is 0.246 e. The number of nitrogens with zero attached hydrogens (tertiary/aromatic N) is 3. The minimum Gasteiger partial charge on any atom is -0.487 e. The van der Waals surface area contributed by atoms with E-state index in [1.807, 2.05) is 0 Å². The van der Waals surface area contributed by atoms with Crippen LogP contribution in [-0.4, -0.2) is 45.6 Å². The highest BCUT2D eigenvalue weighted by atomic mass is 35.5. The summed E-state index contributed by atoms with van der Waals surface area (Å²) in [6.07, 6.45) is 4.31. The van der Waals surface area contributed by atoms with Crippen LogP contribution in [0.3, 0.4) is 0 Å². The zero-order valence-electron chi connectivity index (χ0n) is 19.5. The van der Waals surface area contributed by atoms with E-state index in [4.69, 9.17) is 27.5 Å². The van der Waals surface area contributed by atoms with Crippen LogP contribution in [0.2, 0.25) is 5.02 Å². The second kappa shape index (κ2) is 11.2. The number of carbonyl (C=O) groups excluding carboxylic acids is 1. The Morgan fingerprint density at radius 2 is 2.08 bits per heavy atom. The van der Waals surface area contributed by atoms with Gasteiger partial charge in [0.15, 0.2) is 0 Å². The number of amides is 1. The van der Waals surface area contributed by atoms with Gasteiger partial charge in [-0.25, -0.2) is 14.4 Å². The smallest absolute Gasteiger partial charge is 0.246 e. The van der Waals surface area contributed by atoms with E-state index in [0.717, 1.165) is 18.4 Å². The minimum atomic E-state index is -0.316. The van der Waals surface area contributed by atoms with Gasteiger partial charge in [0, 0.05) is 24.7 Å². The van der Waals surface area contributed by atoms with E-state index in [1.54, 1.807) is 35.2 Å². The van der Waals surface area contributed by atoms with Crippen molar-refractivity contribution in [2.24, 2.45) is 0 Å². The highest BCUT2D eigenvalue weighted by molar-refractivity contribution is 6.32. The normalized spacial score (nSPS) is 15.3. The Labute approximate surface area is 213 Å². The molecule has 1 fully saturated rings. The molecule has 36 heavy (non-hydrogen) atoms. The van der Waals surface area contributed by atoms with E-state index in [0.29, 0.717) is 40.8 Å². The summed E-state index contributed by atoms with van der Waals surface area (Å²) in [5.41, 5.74) is 7.90. The number of nitrogens with one attached hydrogen (secondary N) is 2. The molecule has 8 nitrogen and oxygen atoms in total. The van der Waals surface area contributed by atoms with Crippen LogP contribution in [-0.2, 0) is 11.4 Å². The molecule has 186 valence electrons. The van der Waals surface area contributed by atoms with Crippen LogP contribution >= 0.6 is 11.6 Å². The Morgan fingerprint density at radius 3 is 2.81 bits per heavy atom. The Kier molecular flexibility index (Phi) is 7.80. The van der Waals surface area contributed by atoms with Gasteiger partial charge >= 0.3 is 0 Å². The van der Waals surface area contributed by atoms with Crippen molar-refractivity contribution >= 4 is 34.9 Å². The molecule has 0 radical (unpaired) electrons. The second-order valence-corrected chi connectivity index (χ2v) is 8.80. The van der Waals surface area contributed by atoms with Crippen LogP contribution in [0.15, 0.2) is 61.4 Å². The molecule has 4 N–H and O–H groups in total. The predicted octanol–water partition coefficient (Wildman–Crippen LogP) is 4.44. The Morgan fingerprint density at radius 1 is 1.31 bits per heavy atom. The van der Waals surface area contributed by atoms with Crippen molar-refractivity contribution < 1.29 is 13.9 Å². The number of hydrogen-bond acceptors (Lipinski definition) is 7. The highest BCUT2D eigenvalue weighted by Crippen LogP contribution is 2.30. The Balaban J connectivity index is 1.51. The molecule has 4 rings (SSSR count). The number of hydrogen-bond donors (Lipinski definition) is 3. The summed E-state index contributed by atoms with van der Waals surface area (Å²) in [6, 6.07) is 10.9. The topological polar surface area (TPSA) is 117 Å². The fraction of sp³-hybridized carbons (Fsp3) is 0.231. The van der Waals surface area contributed by atoms with Crippen LogP contribution in [0.5, 0.6) is 5.75 Å². The summed E-state index contributed by atoms with van der Waals surface area (Å²) in [7, 11) is 0. The van der Waals surface area contributed by atoms with Gasteiger partial charge in [-0.3, -0.25) is 10.2 Å². The third-order valence-electron chi connectivity index (χ3n) is 5.90. The summed E-state index contributed by atoms with van der Waals surface area (Å²) < 4.78 is 18.9. The largest absolute Gasteiger partial charge is 0.487 e. The zero-order chi connectivity index (χ0) is 25.7. The molecule has 1 aliphatic rings. The van der Waals surface area contributed by atoms with Crippen molar-refractivity contribution in [3.63, 3.8) is 0 Å². The van der Waals surface area contributed by atoms with Gasteiger partial charge in [0.2, 0.25) is 5.91 Å². The fourth-order valence-electron chi connectivity index (χ4n) is 4.03. The lowest BCUT2D eigenvalue weighted by atomic mass is 10.0. The van der Waals surface area contributed by atoms with Crippen LogP contribution in [0.4, 0.5) is 16.0 Å². The second-order valence-electron chi connectivity index (χ2n) is 8.39. The van der Waals surface area contributed by atoms with E-state index in [-0.39, 0.29) is 35.9 Å². The van der Waals surface area contributed by atoms with Gasteiger partial charge in [-0.05, 0) is 54.8 Å². The standard InChI is InChI=1S/C26H26ClFN6O2/c1-2-22(35)34-11-3-4-19(13-34)33-26-23(25(30)31-15-32-26)24(29)17-7-10-21(20(27)12-17)36-14-16-5-8-18(28)9-6-16/h2,5-10,12,15,19,29H,1,3-4,11,13-14H2,(H3,30,31,32,33). The number of likely N-dealkylation sites (tertiary alicyclic amines) is 1. The molecule has 2 aromatic carbocycles. The molecule has 1 amide bonds. The first-order valence-electron chi connectivity index (χ1n) is 11.4. The van der Waals surface area contributed by atoms with Crippen molar-refractivity contribution in [2.75, 3.05) is 24.1 Å². The number of halogens is 2. The molecule has 1 aliphatic heterocycles. The molecule has 1 aromatic heterocycles. The molecule has 0 spiro atoms. The molecular weight excluding hydrogens is 483 g/mol. The molecule has 1 atom stereocenters. The first-order chi connectivity index (χ1) is 17.4. The number of nitrogens with two attached hydrogens (primary N) is 1. The van der Waals surface area contributed by atoms with Crippen molar-refractivity contribution in [1.29, 1.82) is 5.41 Å². The van der Waals surface area contributed by atoms with Gasteiger partial charge in [0.25, 0.3) is 0 Å². The number of anilines is 2. The molecular formula is C26H26ClFN6O2. The summed E-state index contributed by atoms with van der Waals surface area (Å²) in [4.78, 5) is 22.2. The van der Waals surface area contributed by atoms with Crippen LogP contribution < -0.4 is 15.8 Å². The average molecular weight is 509 g/mol. The number of aromatic nitrogens is 2. The van der Waals surface area contributed by atoms with Gasteiger partial charge in [-0.1, -0.05) is 30.3 Å². The lowest BCUT2D eigenvalue weighted by Gasteiger charge is -2.33. The highest BCUT2D eigenvalue weighted by Gasteiger charge is 2.25. The SMILES string of the molecule is C=CC(=O)N1CCCC(Nc2ncnc(N)c2C(=N)c2ccc(OCc3ccc(F)cc3)c(Cl)c2)C1. The maximum atomic E-state index is 13.1. The average Bonchev–Trinajstić information content (AvgIpc) is 2.88. The van der Waals surface area contributed by atoms with Crippen LogP contribution in [0.25, 0.3) is 0 Å². The zero-order valence-corrected chi connectivity index (χ0v) is 20.3. The van der Waals surface area contributed by atoms with Gasteiger partial charge in [-0.15, -0.1) is 0 Å². The van der Waals surface area contributed by atoms with Crippen LogP contribution in [0.1, 0.15) is 29.5 Å². The fourth-order valence-corrected chi connectivity index (χ4v) is 4.27. The van der Waals surface area contributed by atoms with E-state index >= 15 is 0 Å². The molecule has 2 heterocycles. The van der Waals surface area contributed by atoms with E-state index < -0.39 is 0 Å². The van der Waals surface area contributed by atoms with Crippen molar-refractivity contribution in [3.05, 3.63) is 89.0 Å². The quantitative estimate of drug-likeness (QED) is 0.306. The predicted molar refractivity (Wildman–Crippen MR) is 138 cm³/mol. The van der Waals surface area contributed by atoms with Crippen molar-refractivity contribution in [2.45, 2.75) is 25.5 Å². The van der Waals surface area contributed by atoms with Gasteiger partial charge in [-0.2, -0.15) is 0 Å². The van der Waals surface area contributed by atoms with Gasteiger partial charge in [0.1, 0.15) is 36.1 Å². The monoisotopic (exact) mass is 508 g/mol. The molecule has 0 bridgehead atoms. The molecule has 10 heteroatoms. The van der Waals surface area contributed by atoms with Crippen LogP contribution in [0, 0.1) is 11.2 Å². The summed E-state index contributed by atoms with van der Waals surface area (Å²) in [6.45, 7) is 4.95. The Bertz CT molecular complexity index is 1280. The summed E-state index contributed by atoms with van der Waals surface area (Å²) >= 11 is 6.44. The van der Waals surface area contributed by atoms with Crippen molar-refractivity contribution in [3.8, 4) is 5.75 Å². The Hall–Kier alpha value is -3.98. The molecule has 0 saturated carbocycles. The van der Waals surface area contributed by atoms with E-state index in [2.05, 4.69) is 21.9 Å². The number of carbonyl (C=O) groups is 1. The summed E-state index contributed by atoms with van der Waals surface area (Å²) in [5.74, 6) is 0.567. The number of rotatable bonds is 8. The minimum absolute atomic E-state index is 0.0608. The lowest BCUT2D eigenvalue weighted by molar-refractivity contribution is -0.127. The molecule has 3 aromatic rings. The first kappa shape index (κ1) is 25.1. The third-order valence-corrected chi connectivity index (χ3v) is 6.20. The molecule has 0 aliphatic carbocycles. The number of nitrogen functional groups attached to an aromatic ring is 1. The third kappa shape index (κ3) is 5.80. The van der Waals surface area contributed by atoms with Crippen molar-refractivity contribution in [1.82, 2.24) is 14.9 Å². The van der Waals surface area contributed by atoms with Gasteiger partial charge in [0.05, 0.1) is 16.3 Å². The maximum absolute atomic E-state index is 13.1. The number of piperidine rings is 1. The summed E-state index contributed by atoms with van der Waals surface area (Å²) in [5, 5.41) is 12.5. The van der Waals surface area contributed by atoms with Gasteiger partial charge < -0.3 is 20.7 Å². The number of benzene rings is 2. The van der Waals surface area contributed by atoms with E-state index in [1.165, 1.54) is 24.5 Å². The molecule has 1 unspecified atom stereocenters. The number of ether oxygens (including phenoxy) is 1. The van der Waals surface area contributed by atoms with E-state index in [9.17, 15) is 9.18 Å². The lowest BCUT2D eigenvalue weighted by Crippen LogP contribution is -2.44. The molecule has 1 saturated heterocycles.